The molecule has 0 aromatic heterocycles. The van der Waals surface area contributed by atoms with Gasteiger partial charge in [-0.05, 0) is 37.0 Å². The zero-order chi connectivity index (χ0) is 13.7. The normalized spacial score (nSPS) is 15.1. The first kappa shape index (κ1) is 13.6. The second-order valence-electron chi connectivity index (χ2n) is 4.81. The van der Waals surface area contributed by atoms with Crippen LogP contribution >= 0.6 is 0 Å². The Balaban J connectivity index is 1.98. The summed E-state index contributed by atoms with van der Waals surface area (Å²) in [5.41, 5.74) is 2.03. The predicted octanol–water partition coefficient (Wildman–Crippen LogP) is 1.96. The van der Waals surface area contributed by atoms with E-state index in [1.165, 1.54) is 32.1 Å². The molecule has 0 unspecified atom stereocenters. The Kier molecular flexibility index (Phi) is 4.55. The van der Waals surface area contributed by atoms with Gasteiger partial charge in [0.05, 0.1) is 7.11 Å². The summed E-state index contributed by atoms with van der Waals surface area (Å²) in [6.07, 6.45) is 3.89. The lowest BCUT2D eigenvalue weighted by Gasteiger charge is -2.28. The van der Waals surface area contributed by atoms with E-state index in [1.54, 1.807) is 0 Å². The Morgan fingerprint density at radius 1 is 1.11 bits per heavy atom. The Bertz CT molecular complexity index is 447. The highest BCUT2D eigenvalue weighted by Crippen LogP contribution is 2.20. The van der Waals surface area contributed by atoms with E-state index in [9.17, 15) is 9.59 Å². The van der Waals surface area contributed by atoms with Crippen molar-refractivity contribution in [2.75, 3.05) is 25.1 Å². The minimum absolute atomic E-state index is 0.104. The van der Waals surface area contributed by atoms with Crippen LogP contribution in [0.15, 0.2) is 24.3 Å². The molecule has 0 amide bonds. The summed E-state index contributed by atoms with van der Waals surface area (Å²) in [5, 5.41) is 0. The quantitative estimate of drug-likeness (QED) is 0.614. The average Bonchev–Trinajstić information content (AvgIpc) is 2.48. The molecule has 1 aliphatic heterocycles. The average molecular weight is 261 g/mol. The molecule has 1 aromatic carbocycles. The molecule has 0 radical (unpaired) electrons. The largest absolute Gasteiger partial charge is 0.463 e. The summed E-state index contributed by atoms with van der Waals surface area (Å²) < 4.78 is 4.41. The van der Waals surface area contributed by atoms with Crippen molar-refractivity contribution in [1.29, 1.82) is 0 Å². The van der Waals surface area contributed by atoms with Crippen molar-refractivity contribution in [2.45, 2.75) is 25.7 Å². The highest BCUT2D eigenvalue weighted by molar-refractivity contribution is 6.34. The lowest BCUT2D eigenvalue weighted by Crippen LogP contribution is -2.29. The lowest BCUT2D eigenvalue weighted by molar-refractivity contribution is -0.151. The number of nitrogens with zero attached hydrogens (tertiary/aromatic N) is 1. The first-order valence-electron chi connectivity index (χ1n) is 6.66. The van der Waals surface area contributed by atoms with Crippen molar-refractivity contribution in [3.63, 3.8) is 0 Å². The van der Waals surface area contributed by atoms with Crippen LogP contribution < -0.4 is 4.90 Å². The molecule has 0 aliphatic carbocycles. The SMILES string of the molecule is COC(=O)C(=O)Cc1ccc(N2CCCCC2)cc1. The Morgan fingerprint density at radius 2 is 1.74 bits per heavy atom. The van der Waals surface area contributed by atoms with E-state index in [4.69, 9.17) is 0 Å². The number of hydrogen-bond acceptors (Lipinski definition) is 4. The third-order valence-electron chi connectivity index (χ3n) is 3.44. The van der Waals surface area contributed by atoms with Crippen molar-refractivity contribution < 1.29 is 14.3 Å². The van der Waals surface area contributed by atoms with Crippen molar-refractivity contribution in [1.82, 2.24) is 0 Å². The molecule has 1 aliphatic rings. The van der Waals surface area contributed by atoms with E-state index in [0.717, 1.165) is 18.7 Å². The number of methoxy groups -OCH3 is 1. The van der Waals surface area contributed by atoms with Crippen LogP contribution in [0.2, 0.25) is 0 Å². The number of carbonyl (C=O) groups excluding carboxylic acids is 2. The molecule has 0 spiro atoms. The number of benzene rings is 1. The highest BCUT2D eigenvalue weighted by Gasteiger charge is 2.15. The van der Waals surface area contributed by atoms with E-state index in [2.05, 4.69) is 9.64 Å². The Morgan fingerprint density at radius 3 is 2.32 bits per heavy atom. The van der Waals surface area contributed by atoms with Crippen LogP contribution in [0.5, 0.6) is 0 Å². The summed E-state index contributed by atoms with van der Waals surface area (Å²) in [6, 6.07) is 7.85. The van der Waals surface area contributed by atoms with Gasteiger partial charge in [0.25, 0.3) is 0 Å². The molecule has 19 heavy (non-hydrogen) atoms. The van der Waals surface area contributed by atoms with Gasteiger partial charge in [-0.25, -0.2) is 4.79 Å². The Labute approximate surface area is 113 Å². The summed E-state index contributed by atoms with van der Waals surface area (Å²) in [4.78, 5) is 24.9. The van der Waals surface area contributed by atoms with E-state index in [0.29, 0.717) is 0 Å². The van der Waals surface area contributed by atoms with Gasteiger partial charge in [-0.15, -0.1) is 0 Å². The maximum atomic E-state index is 11.4. The van der Waals surface area contributed by atoms with Gasteiger partial charge in [0.15, 0.2) is 0 Å². The van der Waals surface area contributed by atoms with Gasteiger partial charge in [-0.3, -0.25) is 4.79 Å². The number of ether oxygens (including phenoxy) is 1. The first-order chi connectivity index (χ1) is 9.20. The molecule has 4 heteroatoms. The maximum Gasteiger partial charge on any atom is 0.374 e. The van der Waals surface area contributed by atoms with Gasteiger partial charge in [0.1, 0.15) is 0 Å². The fourth-order valence-electron chi connectivity index (χ4n) is 2.35. The molecule has 0 bridgehead atoms. The van der Waals surface area contributed by atoms with Gasteiger partial charge in [-0.1, -0.05) is 12.1 Å². The molecule has 1 fully saturated rings. The molecule has 102 valence electrons. The van der Waals surface area contributed by atoms with Crippen molar-refractivity contribution in [3.8, 4) is 0 Å². The molecule has 0 atom stereocenters. The molecule has 2 rings (SSSR count). The smallest absolute Gasteiger partial charge is 0.374 e. The second-order valence-corrected chi connectivity index (χ2v) is 4.81. The second kappa shape index (κ2) is 6.36. The number of piperidine rings is 1. The summed E-state index contributed by atoms with van der Waals surface area (Å²) in [6.45, 7) is 2.20. The number of carbonyl (C=O) groups is 2. The van der Waals surface area contributed by atoms with Crippen LogP contribution in [-0.2, 0) is 20.7 Å². The Hall–Kier alpha value is -1.84. The molecule has 0 saturated carbocycles. The summed E-state index contributed by atoms with van der Waals surface area (Å²) in [7, 11) is 1.22. The molecule has 1 saturated heterocycles. The molecular formula is C15H19NO3. The van der Waals surface area contributed by atoms with Gasteiger partial charge < -0.3 is 9.64 Å². The van der Waals surface area contributed by atoms with Gasteiger partial charge in [0, 0.05) is 25.2 Å². The van der Waals surface area contributed by atoms with Crippen LogP contribution in [-0.4, -0.2) is 32.0 Å². The number of Topliss-reactive ketones (excluding diaryl/α,β-unsaturated/α-hetero) is 1. The number of esters is 1. The minimum Gasteiger partial charge on any atom is -0.463 e. The van der Waals surface area contributed by atoms with Gasteiger partial charge in [-0.2, -0.15) is 0 Å². The number of hydrogen-bond donors (Lipinski definition) is 0. The van der Waals surface area contributed by atoms with Crippen molar-refractivity contribution in [3.05, 3.63) is 29.8 Å². The standard InChI is InChI=1S/C15H19NO3/c1-19-15(18)14(17)11-12-5-7-13(8-6-12)16-9-3-2-4-10-16/h5-8H,2-4,9-11H2,1H3. The fraction of sp³-hybridized carbons (Fsp3) is 0.467. The fourth-order valence-corrected chi connectivity index (χ4v) is 2.35. The van der Waals surface area contributed by atoms with E-state index < -0.39 is 11.8 Å². The zero-order valence-electron chi connectivity index (χ0n) is 11.2. The highest BCUT2D eigenvalue weighted by atomic mass is 16.5. The minimum atomic E-state index is -0.778. The van der Waals surface area contributed by atoms with Crippen molar-refractivity contribution in [2.24, 2.45) is 0 Å². The van der Waals surface area contributed by atoms with Crippen LogP contribution in [0.4, 0.5) is 5.69 Å². The van der Waals surface area contributed by atoms with Crippen LogP contribution in [0, 0.1) is 0 Å². The third-order valence-corrected chi connectivity index (χ3v) is 3.44. The lowest BCUT2D eigenvalue weighted by atomic mass is 10.1. The van der Waals surface area contributed by atoms with Crippen molar-refractivity contribution >= 4 is 17.4 Å². The van der Waals surface area contributed by atoms with Gasteiger partial charge >= 0.3 is 5.97 Å². The molecule has 1 aromatic rings. The van der Waals surface area contributed by atoms with Crippen LogP contribution in [0.1, 0.15) is 24.8 Å². The van der Waals surface area contributed by atoms with Crippen LogP contribution in [0.25, 0.3) is 0 Å². The number of rotatable bonds is 4. The van der Waals surface area contributed by atoms with Gasteiger partial charge in [0.2, 0.25) is 5.78 Å². The third kappa shape index (κ3) is 3.56. The number of ketones is 1. The zero-order valence-corrected chi connectivity index (χ0v) is 11.2. The summed E-state index contributed by atoms with van der Waals surface area (Å²) >= 11 is 0. The number of anilines is 1. The van der Waals surface area contributed by atoms with E-state index in [-0.39, 0.29) is 6.42 Å². The van der Waals surface area contributed by atoms with Crippen LogP contribution in [0.3, 0.4) is 0 Å². The topological polar surface area (TPSA) is 46.6 Å². The monoisotopic (exact) mass is 261 g/mol. The summed E-state index contributed by atoms with van der Waals surface area (Å²) in [5.74, 6) is -1.28. The first-order valence-corrected chi connectivity index (χ1v) is 6.66. The molecule has 0 N–H and O–H groups in total. The van der Waals surface area contributed by atoms with E-state index >= 15 is 0 Å². The molecule has 1 heterocycles. The molecular weight excluding hydrogens is 242 g/mol. The maximum absolute atomic E-state index is 11.4. The van der Waals surface area contributed by atoms with E-state index in [1.807, 2.05) is 24.3 Å². The predicted molar refractivity (Wildman–Crippen MR) is 73.2 cm³/mol. The molecule has 4 nitrogen and oxygen atoms in total.